The molecule has 0 saturated heterocycles. The molecule has 186 valence electrons. The summed E-state index contributed by atoms with van der Waals surface area (Å²) >= 11 is 4.11. The second-order valence-corrected chi connectivity index (χ2v) is 11.4. The molecular formula is C26H25N3O4S3. The van der Waals surface area contributed by atoms with Gasteiger partial charge in [-0.3, -0.25) is 14.2 Å². The molecular weight excluding hydrogens is 515 g/mol. The number of methoxy groups -OCH3 is 1. The minimum atomic E-state index is -0.497. The van der Waals surface area contributed by atoms with E-state index in [2.05, 4.69) is 5.32 Å². The third-order valence-electron chi connectivity index (χ3n) is 6.16. The van der Waals surface area contributed by atoms with Gasteiger partial charge < -0.3 is 10.1 Å². The number of aryl methyl sites for hydroxylation is 3. The lowest BCUT2D eigenvalue weighted by Crippen LogP contribution is -2.25. The minimum absolute atomic E-state index is 0.0236. The van der Waals surface area contributed by atoms with Crippen molar-refractivity contribution in [1.82, 2.24) is 9.55 Å². The lowest BCUT2D eigenvalue weighted by atomic mass is 9.97. The van der Waals surface area contributed by atoms with Gasteiger partial charge in [0.05, 0.1) is 23.8 Å². The smallest absolute Gasteiger partial charge is 0.340 e. The van der Waals surface area contributed by atoms with Gasteiger partial charge in [-0.25, -0.2) is 9.78 Å². The van der Waals surface area contributed by atoms with E-state index < -0.39 is 5.97 Å². The van der Waals surface area contributed by atoms with E-state index in [4.69, 9.17) is 9.72 Å². The number of ether oxygens (including phenoxy) is 1. The monoisotopic (exact) mass is 539 g/mol. The van der Waals surface area contributed by atoms with Crippen molar-refractivity contribution in [1.29, 1.82) is 0 Å². The van der Waals surface area contributed by atoms with Crippen LogP contribution in [0, 0.1) is 0 Å². The van der Waals surface area contributed by atoms with Crippen molar-refractivity contribution in [3.05, 3.63) is 73.7 Å². The molecule has 0 unspecified atom stereocenters. The average molecular weight is 540 g/mol. The van der Waals surface area contributed by atoms with Crippen molar-refractivity contribution in [3.63, 3.8) is 0 Å². The van der Waals surface area contributed by atoms with Crippen molar-refractivity contribution in [2.75, 3.05) is 18.2 Å². The number of rotatable bonds is 8. The Morgan fingerprint density at radius 1 is 1.17 bits per heavy atom. The summed E-state index contributed by atoms with van der Waals surface area (Å²) in [7, 11) is 1.31. The molecule has 0 saturated carbocycles. The number of carbonyl (C=O) groups is 2. The average Bonchev–Trinajstić information content (AvgIpc) is 3.51. The molecule has 4 aromatic rings. The lowest BCUT2D eigenvalue weighted by molar-refractivity contribution is -0.113. The van der Waals surface area contributed by atoms with Gasteiger partial charge in [0, 0.05) is 11.4 Å². The molecule has 1 aromatic carbocycles. The van der Waals surface area contributed by atoms with Crippen LogP contribution in [0.4, 0.5) is 5.00 Å². The Hall–Kier alpha value is -2.95. The van der Waals surface area contributed by atoms with Crippen LogP contribution in [0.5, 0.6) is 0 Å². The van der Waals surface area contributed by atoms with Crippen LogP contribution < -0.4 is 10.9 Å². The van der Waals surface area contributed by atoms with Gasteiger partial charge in [0.15, 0.2) is 5.16 Å². The predicted molar refractivity (Wildman–Crippen MR) is 146 cm³/mol. The molecule has 5 rings (SSSR count). The normalized spacial score (nSPS) is 12.9. The largest absolute Gasteiger partial charge is 0.465 e. The first-order valence-electron chi connectivity index (χ1n) is 11.7. The fourth-order valence-electron chi connectivity index (χ4n) is 4.38. The fourth-order valence-corrected chi connectivity index (χ4v) is 7.30. The third-order valence-corrected chi connectivity index (χ3v) is 9.15. The number of benzene rings is 1. The second kappa shape index (κ2) is 11.0. The Morgan fingerprint density at radius 2 is 1.97 bits per heavy atom. The summed E-state index contributed by atoms with van der Waals surface area (Å²) in [5.74, 6) is -0.711. The minimum Gasteiger partial charge on any atom is -0.465 e. The van der Waals surface area contributed by atoms with E-state index in [0.29, 0.717) is 28.7 Å². The highest BCUT2D eigenvalue weighted by molar-refractivity contribution is 7.99. The zero-order valence-electron chi connectivity index (χ0n) is 19.7. The number of hydrogen-bond acceptors (Lipinski definition) is 8. The fraction of sp³-hybridized carbons (Fsp3) is 0.308. The van der Waals surface area contributed by atoms with Gasteiger partial charge in [0.1, 0.15) is 9.83 Å². The van der Waals surface area contributed by atoms with Gasteiger partial charge >= 0.3 is 5.97 Å². The number of aromatic nitrogens is 2. The van der Waals surface area contributed by atoms with Crippen LogP contribution in [-0.2, 0) is 35.3 Å². The highest BCUT2D eigenvalue weighted by atomic mass is 32.2. The molecule has 0 atom stereocenters. The summed E-state index contributed by atoms with van der Waals surface area (Å²) in [6.45, 7) is 0.484. The Balaban J connectivity index is 1.42. The number of thioether (sulfide) groups is 1. The van der Waals surface area contributed by atoms with Crippen molar-refractivity contribution < 1.29 is 14.3 Å². The Labute approximate surface area is 220 Å². The van der Waals surface area contributed by atoms with E-state index in [1.165, 1.54) is 35.1 Å². The molecule has 36 heavy (non-hydrogen) atoms. The van der Waals surface area contributed by atoms with E-state index in [9.17, 15) is 14.4 Å². The van der Waals surface area contributed by atoms with Gasteiger partial charge in [-0.05, 0) is 54.7 Å². The number of esters is 1. The highest BCUT2D eigenvalue weighted by Gasteiger charge is 2.23. The van der Waals surface area contributed by atoms with Crippen molar-refractivity contribution in [3.8, 4) is 0 Å². The van der Waals surface area contributed by atoms with Crippen molar-refractivity contribution in [2.24, 2.45) is 0 Å². The highest BCUT2D eigenvalue weighted by Crippen LogP contribution is 2.35. The van der Waals surface area contributed by atoms with Crippen LogP contribution in [0.25, 0.3) is 10.2 Å². The summed E-state index contributed by atoms with van der Waals surface area (Å²) in [5.41, 5.74) is 2.60. The first kappa shape index (κ1) is 24.7. The van der Waals surface area contributed by atoms with E-state index in [0.717, 1.165) is 47.0 Å². The Bertz CT molecular complexity index is 1470. The van der Waals surface area contributed by atoms with Crippen LogP contribution in [0.15, 0.2) is 51.7 Å². The Kier molecular flexibility index (Phi) is 7.54. The number of fused-ring (bicyclic) bond motifs is 3. The van der Waals surface area contributed by atoms with E-state index in [1.54, 1.807) is 27.4 Å². The molecule has 0 aliphatic heterocycles. The maximum Gasteiger partial charge on any atom is 0.340 e. The lowest BCUT2D eigenvalue weighted by Gasteiger charge is -2.14. The summed E-state index contributed by atoms with van der Waals surface area (Å²) in [6.07, 6.45) is 4.84. The number of nitrogens with zero attached hydrogens (tertiary/aromatic N) is 2. The molecule has 0 fully saturated rings. The zero-order chi connectivity index (χ0) is 25.1. The molecule has 1 N–H and O–H groups in total. The standard InChI is InChI=1S/C26H25N3O4S3/c1-33-25(32)18-12-14-34-22(18)27-20(30)15-35-26-28-23-21(17-9-5-6-10-19(17)36-23)24(31)29(26)13-11-16-7-3-2-4-8-16/h2-4,7-8,12,14H,5-6,9-11,13,15H2,1H3,(H,27,30). The molecule has 7 nitrogen and oxygen atoms in total. The topological polar surface area (TPSA) is 90.3 Å². The number of thiophene rings is 2. The molecule has 0 radical (unpaired) electrons. The molecule has 10 heteroatoms. The summed E-state index contributed by atoms with van der Waals surface area (Å²) in [5, 5.41) is 6.25. The van der Waals surface area contributed by atoms with E-state index in [1.807, 2.05) is 30.3 Å². The number of amides is 1. The van der Waals surface area contributed by atoms with Crippen LogP contribution in [0.3, 0.4) is 0 Å². The summed E-state index contributed by atoms with van der Waals surface area (Å²) in [4.78, 5) is 45.3. The predicted octanol–water partition coefficient (Wildman–Crippen LogP) is 5.16. The van der Waals surface area contributed by atoms with Gasteiger partial charge in [-0.2, -0.15) is 0 Å². The quantitative estimate of drug-likeness (QED) is 0.189. The molecule has 3 heterocycles. The van der Waals surface area contributed by atoms with Crippen LogP contribution in [-0.4, -0.2) is 34.3 Å². The van der Waals surface area contributed by atoms with Gasteiger partial charge in [-0.15, -0.1) is 22.7 Å². The number of nitrogens with one attached hydrogen (secondary N) is 1. The Morgan fingerprint density at radius 3 is 2.78 bits per heavy atom. The van der Waals surface area contributed by atoms with Crippen LogP contribution >= 0.6 is 34.4 Å². The second-order valence-electron chi connectivity index (χ2n) is 8.47. The van der Waals surface area contributed by atoms with E-state index in [-0.39, 0.29) is 17.2 Å². The molecule has 3 aromatic heterocycles. The zero-order valence-corrected chi connectivity index (χ0v) is 22.2. The first-order chi connectivity index (χ1) is 17.5. The summed E-state index contributed by atoms with van der Waals surface area (Å²) in [6, 6.07) is 11.7. The maximum absolute atomic E-state index is 13.7. The van der Waals surface area contributed by atoms with Gasteiger partial charge in [0.2, 0.25) is 5.91 Å². The third kappa shape index (κ3) is 5.11. The molecule has 1 aliphatic rings. The van der Waals surface area contributed by atoms with Crippen LogP contribution in [0.2, 0.25) is 0 Å². The maximum atomic E-state index is 13.7. The number of carbonyl (C=O) groups excluding carboxylic acids is 2. The number of anilines is 1. The molecule has 0 bridgehead atoms. The summed E-state index contributed by atoms with van der Waals surface area (Å²) < 4.78 is 6.50. The molecule has 1 amide bonds. The van der Waals surface area contributed by atoms with Gasteiger partial charge in [0.25, 0.3) is 5.56 Å². The number of hydrogen-bond donors (Lipinski definition) is 1. The first-order valence-corrected chi connectivity index (χ1v) is 14.4. The van der Waals surface area contributed by atoms with Crippen molar-refractivity contribution in [2.45, 2.75) is 43.8 Å². The van der Waals surface area contributed by atoms with E-state index >= 15 is 0 Å². The van der Waals surface area contributed by atoms with Crippen molar-refractivity contribution >= 4 is 61.5 Å². The molecule has 1 aliphatic carbocycles. The van der Waals surface area contributed by atoms with Gasteiger partial charge in [-0.1, -0.05) is 42.1 Å². The van der Waals surface area contributed by atoms with Crippen LogP contribution in [0.1, 0.15) is 39.2 Å². The molecule has 0 spiro atoms. The SMILES string of the molecule is COC(=O)c1ccsc1NC(=O)CSc1nc2sc3c(c2c(=O)n1CCc1ccccc1)CCCC3.